The number of Topliss-reactive ketones (excluding diaryl/α,β-unsaturated/α-hetero) is 1. The van der Waals surface area contributed by atoms with Crippen molar-refractivity contribution in [2.24, 2.45) is 5.92 Å². The molecule has 0 unspecified atom stereocenters. The average molecular weight is 497 g/mol. The van der Waals surface area contributed by atoms with Crippen LogP contribution in [0, 0.1) is 23.1 Å². The van der Waals surface area contributed by atoms with Crippen molar-refractivity contribution in [3.8, 4) is 6.07 Å². The SMILES string of the molecule is N#Cc1cccc(/C=C/C(=O)NCCCc2cccnc2N2CCC(C(=O)c3ccc(F)cc3)CC2)c1. The van der Waals surface area contributed by atoms with E-state index < -0.39 is 0 Å². The Morgan fingerprint density at radius 3 is 2.65 bits per heavy atom. The molecule has 0 bridgehead atoms. The maximum absolute atomic E-state index is 13.2. The Balaban J connectivity index is 1.25. The molecule has 1 amide bonds. The van der Waals surface area contributed by atoms with Crippen LogP contribution in [-0.4, -0.2) is 36.3 Å². The number of piperidine rings is 1. The quantitative estimate of drug-likeness (QED) is 0.257. The molecule has 37 heavy (non-hydrogen) atoms. The summed E-state index contributed by atoms with van der Waals surface area (Å²) < 4.78 is 13.2. The minimum atomic E-state index is -0.340. The van der Waals surface area contributed by atoms with E-state index in [4.69, 9.17) is 5.26 Å². The second-order valence-corrected chi connectivity index (χ2v) is 9.08. The lowest BCUT2D eigenvalue weighted by Gasteiger charge is -2.33. The largest absolute Gasteiger partial charge is 0.356 e. The number of rotatable bonds is 9. The summed E-state index contributed by atoms with van der Waals surface area (Å²) in [5, 5.41) is 11.9. The van der Waals surface area contributed by atoms with Crippen molar-refractivity contribution in [1.82, 2.24) is 10.3 Å². The highest BCUT2D eigenvalue weighted by atomic mass is 19.1. The van der Waals surface area contributed by atoms with Gasteiger partial charge in [0.1, 0.15) is 11.6 Å². The maximum atomic E-state index is 13.2. The number of carbonyl (C=O) groups excluding carboxylic acids is 2. The number of halogens is 1. The Morgan fingerprint density at radius 1 is 1.11 bits per heavy atom. The van der Waals surface area contributed by atoms with E-state index in [0.29, 0.717) is 17.7 Å². The molecule has 0 spiro atoms. The van der Waals surface area contributed by atoms with Gasteiger partial charge in [0.25, 0.3) is 0 Å². The lowest BCUT2D eigenvalue weighted by Crippen LogP contribution is -2.37. The highest BCUT2D eigenvalue weighted by Crippen LogP contribution is 2.27. The molecule has 0 atom stereocenters. The van der Waals surface area contributed by atoms with Crippen LogP contribution in [0.1, 0.15) is 46.3 Å². The van der Waals surface area contributed by atoms with Crippen molar-refractivity contribution in [3.05, 3.63) is 101 Å². The monoisotopic (exact) mass is 496 g/mol. The topological polar surface area (TPSA) is 86.1 Å². The molecular weight excluding hydrogens is 467 g/mol. The van der Waals surface area contributed by atoms with Gasteiger partial charge in [0, 0.05) is 43.4 Å². The Labute approximate surface area is 216 Å². The van der Waals surface area contributed by atoms with E-state index >= 15 is 0 Å². The first-order chi connectivity index (χ1) is 18.0. The molecule has 3 aromatic rings. The van der Waals surface area contributed by atoms with E-state index in [1.807, 2.05) is 12.1 Å². The van der Waals surface area contributed by atoms with Crippen molar-refractivity contribution in [2.75, 3.05) is 24.5 Å². The van der Waals surface area contributed by atoms with Crippen molar-refractivity contribution in [2.45, 2.75) is 25.7 Å². The number of hydrogen-bond acceptors (Lipinski definition) is 5. The number of aryl methyl sites for hydroxylation is 1. The number of aromatic nitrogens is 1. The molecule has 1 aliphatic heterocycles. The molecule has 4 rings (SSSR count). The molecule has 188 valence electrons. The fourth-order valence-corrected chi connectivity index (χ4v) is 4.55. The number of carbonyl (C=O) groups is 2. The van der Waals surface area contributed by atoms with Gasteiger partial charge < -0.3 is 10.2 Å². The highest BCUT2D eigenvalue weighted by Gasteiger charge is 2.27. The molecule has 6 nitrogen and oxygen atoms in total. The number of amides is 1. The first-order valence-electron chi connectivity index (χ1n) is 12.5. The molecular formula is C30H29FN4O2. The third-order valence-corrected chi connectivity index (χ3v) is 6.53. The van der Waals surface area contributed by atoms with Crippen LogP contribution in [0.5, 0.6) is 0 Å². The number of nitrogens with one attached hydrogen (secondary N) is 1. The molecule has 0 saturated carbocycles. The molecule has 1 aliphatic rings. The molecule has 2 heterocycles. The summed E-state index contributed by atoms with van der Waals surface area (Å²) >= 11 is 0. The number of hydrogen-bond donors (Lipinski definition) is 1. The van der Waals surface area contributed by atoms with Gasteiger partial charge in [0.05, 0.1) is 11.6 Å². The van der Waals surface area contributed by atoms with Crippen LogP contribution in [0.4, 0.5) is 10.2 Å². The second-order valence-electron chi connectivity index (χ2n) is 9.08. The lowest BCUT2D eigenvalue weighted by atomic mass is 9.88. The number of nitriles is 1. The zero-order valence-electron chi connectivity index (χ0n) is 20.6. The number of benzene rings is 2. The second kappa shape index (κ2) is 12.6. The highest BCUT2D eigenvalue weighted by molar-refractivity contribution is 5.98. The van der Waals surface area contributed by atoms with Crippen LogP contribution in [0.3, 0.4) is 0 Å². The Bertz CT molecular complexity index is 1310. The summed E-state index contributed by atoms with van der Waals surface area (Å²) in [6, 6.07) is 18.9. The van der Waals surface area contributed by atoms with Gasteiger partial charge in [0.2, 0.25) is 5.91 Å². The maximum Gasteiger partial charge on any atom is 0.243 e. The van der Waals surface area contributed by atoms with Gasteiger partial charge in [-0.3, -0.25) is 9.59 Å². The Morgan fingerprint density at radius 2 is 1.89 bits per heavy atom. The van der Waals surface area contributed by atoms with Crippen LogP contribution in [-0.2, 0) is 11.2 Å². The minimum absolute atomic E-state index is 0.0699. The number of nitrogens with zero attached hydrogens (tertiary/aromatic N) is 3. The molecule has 1 N–H and O–H groups in total. The van der Waals surface area contributed by atoms with Gasteiger partial charge >= 0.3 is 0 Å². The van der Waals surface area contributed by atoms with E-state index in [9.17, 15) is 14.0 Å². The number of ketones is 1. The first-order valence-corrected chi connectivity index (χ1v) is 12.5. The van der Waals surface area contributed by atoms with E-state index in [1.165, 1.54) is 18.2 Å². The number of pyridine rings is 1. The predicted molar refractivity (Wildman–Crippen MR) is 141 cm³/mol. The summed E-state index contributed by atoms with van der Waals surface area (Å²) in [7, 11) is 0. The third-order valence-electron chi connectivity index (χ3n) is 6.53. The summed E-state index contributed by atoms with van der Waals surface area (Å²) in [5.41, 5.74) is 3.03. The number of anilines is 1. The smallest absolute Gasteiger partial charge is 0.243 e. The zero-order valence-corrected chi connectivity index (χ0v) is 20.6. The lowest BCUT2D eigenvalue weighted by molar-refractivity contribution is -0.116. The van der Waals surface area contributed by atoms with Crippen molar-refractivity contribution < 1.29 is 14.0 Å². The van der Waals surface area contributed by atoms with Crippen LogP contribution in [0.2, 0.25) is 0 Å². The van der Waals surface area contributed by atoms with Gasteiger partial charge in [0.15, 0.2) is 5.78 Å². The van der Waals surface area contributed by atoms with E-state index in [2.05, 4.69) is 27.3 Å². The summed E-state index contributed by atoms with van der Waals surface area (Å²) in [4.78, 5) is 31.8. The molecule has 1 saturated heterocycles. The Hall–Kier alpha value is -4.31. The summed E-state index contributed by atoms with van der Waals surface area (Å²) in [6.45, 7) is 2.00. The average Bonchev–Trinajstić information content (AvgIpc) is 2.94. The van der Waals surface area contributed by atoms with E-state index in [1.54, 1.807) is 42.6 Å². The molecule has 2 aromatic carbocycles. The Kier molecular flexibility index (Phi) is 8.77. The predicted octanol–water partition coefficient (Wildman–Crippen LogP) is 4.95. The van der Waals surface area contributed by atoms with Gasteiger partial charge in [-0.2, -0.15) is 5.26 Å². The first kappa shape index (κ1) is 25.8. The fourth-order valence-electron chi connectivity index (χ4n) is 4.55. The summed E-state index contributed by atoms with van der Waals surface area (Å²) in [5.74, 6) is 0.413. The molecule has 7 heteroatoms. The van der Waals surface area contributed by atoms with Crippen molar-refractivity contribution in [3.63, 3.8) is 0 Å². The van der Waals surface area contributed by atoms with E-state index in [-0.39, 0.29) is 23.4 Å². The van der Waals surface area contributed by atoms with Gasteiger partial charge in [-0.1, -0.05) is 18.2 Å². The van der Waals surface area contributed by atoms with Crippen LogP contribution >= 0.6 is 0 Å². The van der Waals surface area contributed by atoms with Gasteiger partial charge in [-0.15, -0.1) is 0 Å². The molecule has 0 aliphatic carbocycles. The molecule has 0 radical (unpaired) electrons. The molecule has 1 aromatic heterocycles. The summed E-state index contributed by atoms with van der Waals surface area (Å²) in [6.07, 6.45) is 7.94. The van der Waals surface area contributed by atoms with Crippen LogP contribution in [0.25, 0.3) is 6.08 Å². The molecule has 1 fully saturated rings. The standard InChI is InChI=1S/C30H29FN4O2/c31-27-11-9-24(10-12-27)29(37)25-14-18-35(19-15-25)30-26(7-3-17-34-30)6-2-16-33-28(36)13-8-22-4-1-5-23(20-22)21-32/h1,3-5,7-13,17,20,25H,2,6,14-16,18-19H2,(H,33,36)/b13-8+. The third kappa shape index (κ3) is 7.11. The van der Waals surface area contributed by atoms with E-state index in [0.717, 1.165) is 55.7 Å². The zero-order chi connectivity index (χ0) is 26.0. The van der Waals surface area contributed by atoms with Gasteiger partial charge in [-0.25, -0.2) is 9.37 Å². The van der Waals surface area contributed by atoms with Crippen molar-refractivity contribution in [1.29, 1.82) is 5.26 Å². The van der Waals surface area contributed by atoms with Crippen LogP contribution in [0.15, 0.2) is 72.9 Å². The fraction of sp³-hybridized carbons (Fsp3) is 0.267. The van der Waals surface area contributed by atoms with Crippen LogP contribution < -0.4 is 10.2 Å². The normalized spacial score (nSPS) is 13.9. The minimum Gasteiger partial charge on any atom is -0.356 e. The van der Waals surface area contributed by atoms with Gasteiger partial charge in [-0.05, 0) is 85.4 Å². The van der Waals surface area contributed by atoms with Crippen molar-refractivity contribution >= 4 is 23.6 Å².